The molecule has 0 bridgehead atoms. The van der Waals surface area contributed by atoms with Crippen molar-refractivity contribution in [3.63, 3.8) is 0 Å². The summed E-state index contributed by atoms with van der Waals surface area (Å²) in [6.07, 6.45) is 4.70. The maximum Gasteiger partial charge on any atom is 0.166 e. The highest BCUT2D eigenvalue weighted by Gasteiger charge is 2.39. The Balaban J connectivity index is 2.18. The highest BCUT2D eigenvalue weighted by molar-refractivity contribution is 8.01. The van der Waals surface area contributed by atoms with E-state index in [9.17, 15) is 13.5 Å². The Morgan fingerprint density at radius 2 is 2.00 bits per heavy atom. The van der Waals surface area contributed by atoms with Gasteiger partial charge in [-0.3, -0.25) is 4.90 Å². The van der Waals surface area contributed by atoms with Gasteiger partial charge in [-0.1, -0.05) is 26.2 Å². The van der Waals surface area contributed by atoms with Crippen LogP contribution in [0.4, 0.5) is 0 Å². The van der Waals surface area contributed by atoms with Crippen molar-refractivity contribution in [1.29, 1.82) is 0 Å². The Morgan fingerprint density at radius 1 is 1.26 bits per heavy atom. The van der Waals surface area contributed by atoms with Gasteiger partial charge < -0.3 is 5.11 Å². The highest BCUT2D eigenvalue weighted by atomic mass is 32.2. The molecule has 0 spiro atoms. The summed E-state index contributed by atoms with van der Waals surface area (Å²) in [4.78, 5) is 2.09. The zero-order valence-corrected chi connectivity index (χ0v) is 13.3. The molecule has 2 aliphatic rings. The van der Waals surface area contributed by atoms with Crippen LogP contribution in [-0.2, 0) is 9.84 Å². The van der Waals surface area contributed by atoms with Crippen LogP contribution < -0.4 is 0 Å². The predicted molar refractivity (Wildman–Crippen MR) is 80.2 cm³/mol. The van der Waals surface area contributed by atoms with Crippen LogP contribution in [0.25, 0.3) is 0 Å². The number of aliphatic hydroxyl groups is 1. The maximum atomic E-state index is 12.3. The third-order valence-corrected chi connectivity index (χ3v) is 7.62. The van der Waals surface area contributed by atoms with E-state index < -0.39 is 15.2 Å². The summed E-state index contributed by atoms with van der Waals surface area (Å²) in [6, 6.07) is 0.0368. The van der Waals surface area contributed by atoms with Crippen LogP contribution in [0.15, 0.2) is 0 Å². The Kier molecular flexibility index (Phi) is 5.57. The third-order valence-electron chi connectivity index (χ3n) is 4.31. The van der Waals surface area contributed by atoms with Crippen LogP contribution in [0, 0.1) is 0 Å². The fraction of sp³-hybridized carbons (Fsp3) is 1.00. The molecule has 112 valence electrons. The smallest absolute Gasteiger partial charge is 0.166 e. The minimum atomic E-state index is -3.06. The van der Waals surface area contributed by atoms with Crippen molar-refractivity contribution in [2.75, 3.05) is 23.8 Å². The summed E-state index contributed by atoms with van der Waals surface area (Å²) in [7, 11) is -3.06. The summed E-state index contributed by atoms with van der Waals surface area (Å²) < 4.78 is 24.5. The molecule has 3 atom stereocenters. The molecule has 4 nitrogen and oxygen atoms in total. The van der Waals surface area contributed by atoms with Gasteiger partial charge >= 0.3 is 0 Å². The minimum Gasteiger partial charge on any atom is -0.391 e. The predicted octanol–water partition coefficient (Wildman–Crippen LogP) is 1.49. The van der Waals surface area contributed by atoms with Crippen molar-refractivity contribution in [1.82, 2.24) is 4.90 Å². The molecular weight excluding hydrogens is 282 g/mol. The van der Waals surface area contributed by atoms with Gasteiger partial charge in [-0.25, -0.2) is 8.42 Å². The quantitative estimate of drug-likeness (QED) is 0.801. The Labute approximate surface area is 120 Å². The van der Waals surface area contributed by atoms with Crippen molar-refractivity contribution in [2.24, 2.45) is 0 Å². The first-order valence-corrected chi connectivity index (χ1v) is 10.2. The fourth-order valence-corrected chi connectivity index (χ4v) is 6.21. The summed E-state index contributed by atoms with van der Waals surface area (Å²) in [6.45, 7) is 2.51. The number of sulfone groups is 1. The Morgan fingerprint density at radius 3 is 2.74 bits per heavy atom. The third kappa shape index (κ3) is 3.65. The Hall–Kier alpha value is 0.220. The lowest BCUT2D eigenvalue weighted by atomic mass is 10.0. The minimum absolute atomic E-state index is 0.0368. The van der Waals surface area contributed by atoms with Crippen molar-refractivity contribution in [2.45, 2.75) is 56.5 Å². The van der Waals surface area contributed by atoms with Gasteiger partial charge in [-0.15, -0.1) is 0 Å². The van der Waals surface area contributed by atoms with Crippen LogP contribution in [0.5, 0.6) is 0 Å². The van der Waals surface area contributed by atoms with E-state index >= 15 is 0 Å². The molecule has 0 aromatic rings. The number of nitrogens with zero attached hydrogens (tertiary/aromatic N) is 1. The first kappa shape index (κ1) is 15.6. The maximum absolute atomic E-state index is 12.3. The molecule has 19 heavy (non-hydrogen) atoms. The van der Waals surface area contributed by atoms with Crippen molar-refractivity contribution in [3.8, 4) is 0 Å². The summed E-state index contributed by atoms with van der Waals surface area (Å²) in [5.41, 5.74) is 0. The molecule has 1 saturated heterocycles. The van der Waals surface area contributed by atoms with Gasteiger partial charge in [0.1, 0.15) is 5.37 Å². The molecule has 0 amide bonds. The van der Waals surface area contributed by atoms with Gasteiger partial charge in [0, 0.05) is 29.8 Å². The average molecular weight is 307 g/mol. The first-order chi connectivity index (χ1) is 9.06. The second-order valence-corrected chi connectivity index (χ2v) is 9.09. The summed E-state index contributed by atoms with van der Waals surface area (Å²) >= 11 is 1.72. The molecule has 6 heteroatoms. The fourth-order valence-electron chi connectivity index (χ4n) is 3.13. The van der Waals surface area contributed by atoms with Gasteiger partial charge in [0.2, 0.25) is 0 Å². The number of thioether (sulfide) groups is 1. The largest absolute Gasteiger partial charge is 0.391 e. The number of hydrogen-bond donors (Lipinski definition) is 1. The first-order valence-electron chi connectivity index (χ1n) is 7.29. The lowest BCUT2D eigenvalue weighted by molar-refractivity contribution is 0.0417. The molecule has 1 heterocycles. The molecule has 0 radical (unpaired) electrons. The van der Waals surface area contributed by atoms with E-state index in [0.29, 0.717) is 5.75 Å². The van der Waals surface area contributed by atoms with Gasteiger partial charge in [0.15, 0.2) is 9.84 Å². The van der Waals surface area contributed by atoms with Crippen molar-refractivity contribution < 1.29 is 13.5 Å². The van der Waals surface area contributed by atoms with E-state index in [0.717, 1.165) is 44.4 Å². The second-order valence-electron chi connectivity index (χ2n) is 5.49. The van der Waals surface area contributed by atoms with Gasteiger partial charge in [0.25, 0.3) is 0 Å². The zero-order chi connectivity index (χ0) is 13.9. The van der Waals surface area contributed by atoms with Crippen LogP contribution in [-0.4, -0.2) is 59.7 Å². The standard InChI is InChI=1S/C13H25NO3S2/c1-2-19(16,17)13-10-18-9-8-14(13)11-6-4-3-5-7-12(11)15/h11-13,15H,2-10H2,1H3. The molecule has 2 fully saturated rings. The summed E-state index contributed by atoms with van der Waals surface area (Å²) in [5.74, 6) is 1.82. The van der Waals surface area contributed by atoms with E-state index in [2.05, 4.69) is 4.90 Å². The normalized spacial score (nSPS) is 34.9. The molecule has 0 aromatic heterocycles. The monoisotopic (exact) mass is 307 g/mol. The molecule has 1 aliphatic carbocycles. The van der Waals surface area contributed by atoms with Crippen LogP contribution in [0.3, 0.4) is 0 Å². The van der Waals surface area contributed by atoms with Crippen LogP contribution in [0.2, 0.25) is 0 Å². The Bertz CT molecular complexity index is 385. The average Bonchev–Trinajstić information content (AvgIpc) is 2.63. The molecular formula is C13H25NO3S2. The molecule has 1 aliphatic heterocycles. The molecule has 2 rings (SSSR count). The van der Waals surface area contributed by atoms with Gasteiger partial charge in [-0.2, -0.15) is 11.8 Å². The number of aliphatic hydroxyl groups excluding tert-OH is 1. The molecule has 3 unspecified atom stereocenters. The van der Waals surface area contributed by atoms with E-state index in [4.69, 9.17) is 0 Å². The van der Waals surface area contributed by atoms with Crippen LogP contribution >= 0.6 is 11.8 Å². The SMILES string of the molecule is CCS(=O)(=O)C1CSCCN1C1CCCCCC1O. The molecule has 1 saturated carbocycles. The van der Waals surface area contributed by atoms with Crippen LogP contribution in [0.1, 0.15) is 39.0 Å². The van der Waals surface area contributed by atoms with Gasteiger partial charge in [0.05, 0.1) is 6.10 Å². The topological polar surface area (TPSA) is 57.6 Å². The highest BCUT2D eigenvalue weighted by Crippen LogP contribution is 2.30. The van der Waals surface area contributed by atoms with Gasteiger partial charge in [-0.05, 0) is 12.8 Å². The summed E-state index contributed by atoms with van der Waals surface area (Å²) in [5, 5.41) is 9.92. The van der Waals surface area contributed by atoms with E-state index in [1.807, 2.05) is 0 Å². The number of hydrogen-bond acceptors (Lipinski definition) is 5. The second kappa shape index (κ2) is 6.78. The number of rotatable bonds is 3. The van der Waals surface area contributed by atoms with E-state index in [1.165, 1.54) is 0 Å². The molecule has 1 N–H and O–H groups in total. The van der Waals surface area contributed by atoms with Crippen molar-refractivity contribution in [3.05, 3.63) is 0 Å². The van der Waals surface area contributed by atoms with Crippen molar-refractivity contribution >= 4 is 21.6 Å². The zero-order valence-electron chi connectivity index (χ0n) is 11.6. The van der Waals surface area contributed by atoms with E-state index in [1.54, 1.807) is 18.7 Å². The van der Waals surface area contributed by atoms with E-state index in [-0.39, 0.29) is 17.9 Å². The molecule has 0 aromatic carbocycles. The lowest BCUT2D eigenvalue weighted by Gasteiger charge is -2.41. The lowest BCUT2D eigenvalue weighted by Crippen LogP contribution is -2.55.